The normalized spacial score (nSPS) is 17.5. The maximum atomic E-state index is 13.3. The van der Waals surface area contributed by atoms with Crippen molar-refractivity contribution in [3.63, 3.8) is 0 Å². The predicted octanol–water partition coefficient (Wildman–Crippen LogP) is 3.77. The van der Waals surface area contributed by atoms with E-state index >= 15 is 0 Å². The Morgan fingerprint density at radius 1 is 1.00 bits per heavy atom. The van der Waals surface area contributed by atoms with Gasteiger partial charge in [-0.15, -0.1) is 0 Å². The SMILES string of the molecule is O=C(NCCc1ccc2c(c1)OCCO2)C1(c2ccc(F)cc2)CCCC1. The van der Waals surface area contributed by atoms with E-state index in [-0.39, 0.29) is 11.7 Å². The van der Waals surface area contributed by atoms with Crippen LogP contribution in [0, 0.1) is 5.82 Å². The van der Waals surface area contributed by atoms with Crippen LogP contribution in [0.5, 0.6) is 11.5 Å². The van der Waals surface area contributed by atoms with Gasteiger partial charge in [0.05, 0.1) is 5.41 Å². The predicted molar refractivity (Wildman–Crippen MR) is 101 cm³/mol. The number of hydrogen-bond acceptors (Lipinski definition) is 3. The topological polar surface area (TPSA) is 47.6 Å². The van der Waals surface area contributed by atoms with E-state index in [9.17, 15) is 9.18 Å². The molecule has 1 N–H and O–H groups in total. The minimum absolute atomic E-state index is 0.0455. The third kappa shape index (κ3) is 3.64. The third-order valence-corrected chi connectivity index (χ3v) is 5.59. The summed E-state index contributed by atoms with van der Waals surface area (Å²) in [7, 11) is 0. The van der Waals surface area contributed by atoms with Crippen LogP contribution in [0.3, 0.4) is 0 Å². The van der Waals surface area contributed by atoms with E-state index in [4.69, 9.17) is 9.47 Å². The number of nitrogens with one attached hydrogen (secondary N) is 1. The zero-order valence-corrected chi connectivity index (χ0v) is 15.3. The molecule has 0 saturated heterocycles. The lowest BCUT2D eigenvalue weighted by atomic mass is 9.78. The van der Waals surface area contributed by atoms with E-state index in [1.807, 2.05) is 18.2 Å². The van der Waals surface area contributed by atoms with Crippen LogP contribution in [-0.4, -0.2) is 25.7 Å². The first-order chi connectivity index (χ1) is 13.2. The van der Waals surface area contributed by atoms with E-state index < -0.39 is 5.41 Å². The summed E-state index contributed by atoms with van der Waals surface area (Å²) >= 11 is 0. The number of benzene rings is 2. The molecule has 4 nitrogen and oxygen atoms in total. The largest absolute Gasteiger partial charge is 0.486 e. The van der Waals surface area contributed by atoms with Gasteiger partial charge in [-0.05, 0) is 54.7 Å². The lowest BCUT2D eigenvalue weighted by Crippen LogP contribution is -2.43. The first-order valence-corrected chi connectivity index (χ1v) is 9.60. The fourth-order valence-corrected chi connectivity index (χ4v) is 4.13. The molecule has 2 aliphatic rings. The van der Waals surface area contributed by atoms with Gasteiger partial charge in [-0.1, -0.05) is 31.0 Å². The van der Waals surface area contributed by atoms with Crippen LogP contribution in [0.15, 0.2) is 42.5 Å². The minimum Gasteiger partial charge on any atom is -0.486 e. The lowest BCUT2D eigenvalue weighted by molar-refractivity contribution is -0.126. The second-order valence-corrected chi connectivity index (χ2v) is 7.28. The van der Waals surface area contributed by atoms with E-state index in [2.05, 4.69) is 5.32 Å². The summed E-state index contributed by atoms with van der Waals surface area (Å²) in [6.45, 7) is 1.70. The van der Waals surface area contributed by atoms with Gasteiger partial charge < -0.3 is 14.8 Å². The number of ether oxygens (including phenoxy) is 2. The third-order valence-electron chi connectivity index (χ3n) is 5.59. The number of halogens is 1. The molecular weight excluding hydrogens is 345 g/mol. The minimum atomic E-state index is -0.527. The van der Waals surface area contributed by atoms with Gasteiger partial charge in [0, 0.05) is 6.54 Å². The molecule has 1 saturated carbocycles. The van der Waals surface area contributed by atoms with Gasteiger partial charge in [-0.25, -0.2) is 4.39 Å². The standard InChI is InChI=1S/C22H24FNO3/c23-18-6-4-17(5-7-18)22(10-1-2-11-22)21(25)24-12-9-16-3-8-19-20(15-16)27-14-13-26-19/h3-8,15H,1-2,9-14H2,(H,24,25). The highest BCUT2D eigenvalue weighted by Gasteiger charge is 2.42. The molecule has 4 rings (SSSR count). The van der Waals surface area contributed by atoms with Crippen molar-refractivity contribution < 1.29 is 18.7 Å². The molecule has 5 heteroatoms. The van der Waals surface area contributed by atoms with Gasteiger partial charge in [-0.3, -0.25) is 4.79 Å². The maximum absolute atomic E-state index is 13.3. The molecule has 0 bridgehead atoms. The van der Waals surface area contributed by atoms with Crippen molar-refractivity contribution in [1.29, 1.82) is 0 Å². The molecule has 0 atom stereocenters. The number of carbonyl (C=O) groups is 1. The first kappa shape index (κ1) is 17.8. The molecule has 0 spiro atoms. The van der Waals surface area contributed by atoms with Crippen LogP contribution in [0.25, 0.3) is 0 Å². The summed E-state index contributed by atoms with van der Waals surface area (Å²) in [4.78, 5) is 13.0. The monoisotopic (exact) mass is 369 g/mol. The van der Waals surface area contributed by atoms with Crippen molar-refractivity contribution in [3.05, 3.63) is 59.4 Å². The van der Waals surface area contributed by atoms with E-state index in [1.54, 1.807) is 12.1 Å². The molecule has 0 aromatic heterocycles. The van der Waals surface area contributed by atoms with Crippen LogP contribution >= 0.6 is 0 Å². The molecule has 0 unspecified atom stereocenters. The Labute approximate surface area is 158 Å². The summed E-state index contributed by atoms with van der Waals surface area (Å²) < 4.78 is 24.4. The highest BCUT2D eigenvalue weighted by Crippen LogP contribution is 2.41. The summed E-state index contributed by atoms with van der Waals surface area (Å²) in [6, 6.07) is 12.3. The maximum Gasteiger partial charge on any atom is 0.230 e. The van der Waals surface area contributed by atoms with E-state index in [0.717, 1.165) is 54.7 Å². The van der Waals surface area contributed by atoms with Crippen LogP contribution < -0.4 is 14.8 Å². The average Bonchev–Trinajstić information content (AvgIpc) is 3.19. The number of carbonyl (C=O) groups excluding carboxylic acids is 1. The fourth-order valence-electron chi connectivity index (χ4n) is 4.13. The van der Waals surface area contributed by atoms with E-state index in [0.29, 0.717) is 19.8 Å². The molecule has 2 aromatic carbocycles. The second kappa shape index (κ2) is 7.59. The van der Waals surface area contributed by atoms with Gasteiger partial charge >= 0.3 is 0 Å². The molecule has 1 amide bonds. The molecule has 1 aliphatic heterocycles. The van der Waals surface area contributed by atoms with Crippen LogP contribution in [-0.2, 0) is 16.6 Å². The van der Waals surface area contributed by atoms with Gasteiger partial charge in [0.2, 0.25) is 5.91 Å². The summed E-state index contributed by atoms with van der Waals surface area (Å²) in [5, 5.41) is 3.10. The van der Waals surface area contributed by atoms with Crippen molar-refractivity contribution in [1.82, 2.24) is 5.32 Å². The van der Waals surface area contributed by atoms with Gasteiger partial charge in [-0.2, -0.15) is 0 Å². The van der Waals surface area contributed by atoms with Crippen molar-refractivity contribution in [2.45, 2.75) is 37.5 Å². The van der Waals surface area contributed by atoms with Gasteiger partial charge in [0.15, 0.2) is 11.5 Å². The lowest BCUT2D eigenvalue weighted by Gasteiger charge is -2.28. The molecule has 27 heavy (non-hydrogen) atoms. The summed E-state index contributed by atoms with van der Waals surface area (Å²) in [6.07, 6.45) is 4.39. The van der Waals surface area contributed by atoms with Crippen molar-refractivity contribution in [3.8, 4) is 11.5 Å². The highest BCUT2D eigenvalue weighted by atomic mass is 19.1. The van der Waals surface area contributed by atoms with Crippen molar-refractivity contribution in [2.24, 2.45) is 0 Å². The summed E-state index contributed by atoms with van der Waals surface area (Å²) in [5.74, 6) is 1.31. The number of hydrogen-bond donors (Lipinski definition) is 1. The van der Waals surface area contributed by atoms with Crippen LogP contribution in [0.1, 0.15) is 36.8 Å². The molecule has 1 heterocycles. The molecule has 0 radical (unpaired) electrons. The van der Waals surface area contributed by atoms with Gasteiger partial charge in [0.1, 0.15) is 19.0 Å². The Bertz CT molecular complexity index is 813. The fraction of sp³-hybridized carbons (Fsp3) is 0.409. The van der Waals surface area contributed by atoms with E-state index in [1.165, 1.54) is 12.1 Å². The van der Waals surface area contributed by atoms with Crippen LogP contribution in [0.4, 0.5) is 4.39 Å². The Morgan fingerprint density at radius 3 is 2.44 bits per heavy atom. The zero-order valence-electron chi connectivity index (χ0n) is 15.3. The Hall–Kier alpha value is -2.56. The highest BCUT2D eigenvalue weighted by molar-refractivity contribution is 5.88. The second-order valence-electron chi connectivity index (χ2n) is 7.28. The number of amides is 1. The first-order valence-electron chi connectivity index (χ1n) is 9.60. The van der Waals surface area contributed by atoms with Crippen molar-refractivity contribution >= 4 is 5.91 Å². The molecule has 1 aliphatic carbocycles. The summed E-state index contributed by atoms with van der Waals surface area (Å²) in [5.41, 5.74) is 1.49. The molecular formula is C22H24FNO3. The molecule has 142 valence electrons. The molecule has 1 fully saturated rings. The Kier molecular flexibility index (Phi) is 5.01. The van der Waals surface area contributed by atoms with Gasteiger partial charge in [0.25, 0.3) is 0 Å². The zero-order chi connectivity index (χ0) is 18.7. The Balaban J connectivity index is 1.41. The Morgan fingerprint density at radius 2 is 1.70 bits per heavy atom. The number of fused-ring (bicyclic) bond motifs is 1. The smallest absolute Gasteiger partial charge is 0.230 e. The van der Waals surface area contributed by atoms with Crippen molar-refractivity contribution in [2.75, 3.05) is 19.8 Å². The average molecular weight is 369 g/mol. The number of rotatable bonds is 5. The van der Waals surface area contributed by atoms with Crippen LogP contribution in [0.2, 0.25) is 0 Å². The molecule has 2 aromatic rings. The quantitative estimate of drug-likeness (QED) is 0.873.